The molecule has 0 saturated carbocycles. The Balaban J connectivity index is 1.63. The predicted octanol–water partition coefficient (Wildman–Crippen LogP) is 3.11. The number of para-hydroxylation sites is 1. The van der Waals surface area contributed by atoms with Crippen molar-refractivity contribution in [1.82, 2.24) is 24.9 Å². The van der Waals surface area contributed by atoms with E-state index in [1.54, 1.807) is 0 Å². The van der Waals surface area contributed by atoms with Crippen LogP contribution in [0.15, 0.2) is 41.2 Å². The summed E-state index contributed by atoms with van der Waals surface area (Å²) in [5.41, 5.74) is 6.69. The lowest BCUT2D eigenvalue weighted by Crippen LogP contribution is -1.99. The molecule has 0 bridgehead atoms. The number of fused-ring (bicyclic) bond motifs is 3. The van der Waals surface area contributed by atoms with E-state index in [9.17, 15) is 4.79 Å². The van der Waals surface area contributed by atoms with Gasteiger partial charge in [0.25, 0.3) is 0 Å². The molecule has 0 spiro atoms. The summed E-state index contributed by atoms with van der Waals surface area (Å²) in [5, 5.41) is 1.23. The van der Waals surface area contributed by atoms with Crippen LogP contribution in [0.5, 0.6) is 0 Å². The van der Waals surface area contributed by atoms with E-state index in [0.29, 0.717) is 0 Å². The number of aromatic amines is 4. The van der Waals surface area contributed by atoms with E-state index in [-0.39, 0.29) is 5.69 Å². The van der Waals surface area contributed by atoms with E-state index in [1.807, 2.05) is 18.2 Å². The van der Waals surface area contributed by atoms with E-state index in [0.717, 1.165) is 45.5 Å². The second kappa shape index (κ2) is 4.61. The summed E-state index contributed by atoms with van der Waals surface area (Å²) in [6.07, 6.45) is 0.731. The first-order valence-electron chi connectivity index (χ1n) is 7.84. The molecule has 5 aromatic rings. The third-order valence-corrected chi connectivity index (χ3v) is 4.54. The van der Waals surface area contributed by atoms with Crippen LogP contribution >= 0.6 is 0 Å². The van der Waals surface area contributed by atoms with Gasteiger partial charge in [-0.25, -0.2) is 9.78 Å². The molecule has 0 aliphatic heterocycles. The highest BCUT2D eigenvalue weighted by molar-refractivity contribution is 5.91. The van der Waals surface area contributed by atoms with Gasteiger partial charge in [0.2, 0.25) is 0 Å². The summed E-state index contributed by atoms with van der Waals surface area (Å²) in [6.45, 7) is 2.09. The fourth-order valence-electron chi connectivity index (χ4n) is 3.41. The van der Waals surface area contributed by atoms with Gasteiger partial charge >= 0.3 is 5.69 Å². The minimum atomic E-state index is -0.202. The molecule has 0 atom stereocenters. The zero-order valence-electron chi connectivity index (χ0n) is 13.0. The molecule has 118 valence electrons. The Kier molecular flexibility index (Phi) is 2.53. The van der Waals surface area contributed by atoms with E-state index >= 15 is 0 Å². The van der Waals surface area contributed by atoms with Gasteiger partial charge in [-0.15, -0.1) is 0 Å². The van der Waals surface area contributed by atoms with Crippen molar-refractivity contribution in [2.75, 3.05) is 0 Å². The maximum absolute atomic E-state index is 11.4. The van der Waals surface area contributed by atoms with Crippen LogP contribution in [0.3, 0.4) is 0 Å². The maximum Gasteiger partial charge on any atom is 0.323 e. The molecular weight excluding hydrogens is 302 g/mol. The van der Waals surface area contributed by atoms with Crippen molar-refractivity contribution in [3.63, 3.8) is 0 Å². The Bertz CT molecular complexity index is 1210. The van der Waals surface area contributed by atoms with E-state index in [4.69, 9.17) is 0 Å². The van der Waals surface area contributed by atoms with E-state index in [1.165, 1.54) is 10.9 Å². The standard InChI is InChI=1S/C18H15N5O/c1-9-11(10-4-2-3-5-12(10)19-9)6-17-20-13-7-15-16(8-14(13)21-17)23-18(24)22-15/h2-5,7-8,19H,6H2,1H3,(H,20,21)(H2,22,23,24). The van der Waals surface area contributed by atoms with Crippen molar-refractivity contribution >= 4 is 33.0 Å². The van der Waals surface area contributed by atoms with Gasteiger partial charge in [0.1, 0.15) is 5.82 Å². The first-order chi connectivity index (χ1) is 11.7. The number of aryl methyl sites for hydroxylation is 1. The normalized spacial score (nSPS) is 11.9. The Hall–Kier alpha value is -3.28. The molecule has 6 heteroatoms. The SMILES string of the molecule is Cc1[nH]c2ccccc2c1Cc1nc2cc3[nH]c(=O)[nH]c3cc2[nH]1. The summed E-state index contributed by atoms with van der Waals surface area (Å²) in [5.74, 6) is 0.910. The molecule has 3 heterocycles. The first-order valence-corrected chi connectivity index (χ1v) is 7.84. The van der Waals surface area contributed by atoms with Crippen molar-refractivity contribution < 1.29 is 0 Å². The lowest BCUT2D eigenvalue weighted by atomic mass is 10.1. The minimum Gasteiger partial charge on any atom is -0.358 e. The highest BCUT2D eigenvalue weighted by Crippen LogP contribution is 2.25. The van der Waals surface area contributed by atoms with Gasteiger partial charge in [-0.3, -0.25) is 0 Å². The van der Waals surface area contributed by atoms with E-state index in [2.05, 4.69) is 50.0 Å². The molecule has 0 amide bonds. The van der Waals surface area contributed by atoms with Crippen LogP contribution in [0.1, 0.15) is 17.1 Å². The van der Waals surface area contributed by atoms with Crippen molar-refractivity contribution in [2.24, 2.45) is 0 Å². The van der Waals surface area contributed by atoms with Crippen LogP contribution in [0, 0.1) is 6.92 Å². The predicted molar refractivity (Wildman–Crippen MR) is 94.4 cm³/mol. The van der Waals surface area contributed by atoms with Crippen molar-refractivity contribution in [3.8, 4) is 0 Å². The zero-order chi connectivity index (χ0) is 16.3. The zero-order valence-corrected chi connectivity index (χ0v) is 13.0. The molecule has 0 radical (unpaired) electrons. The van der Waals surface area contributed by atoms with Gasteiger partial charge in [0.05, 0.1) is 22.1 Å². The number of nitrogens with zero attached hydrogens (tertiary/aromatic N) is 1. The summed E-state index contributed by atoms with van der Waals surface area (Å²) >= 11 is 0. The fourth-order valence-corrected chi connectivity index (χ4v) is 3.41. The van der Waals surface area contributed by atoms with Crippen LogP contribution in [0.2, 0.25) is 0 Å². The molecule has 2 aromatic carbocycles. The molecule has 0 aliphatic carbocycles. The number of aromatic nitrogens is 5. The lowest BCUT2D eigenvalue weighted by molar-refractivity contribution is 1.03. The van der Waals surface area contributed by atoms with Gasteiger partial charge in [0, 0.05) is 23.0 Å². The molecule has 0 unspecified atom stereocenters. The van der Waals surface area contributed by atoms with Crippen molar-refractivity contribution in [1.29, 1.82) is 0 Å². The van der Waals surface area contributed by atoms with Gasteiger partial charge < -0.3 is 19.9 Å². The molecule has 5 rings (SSSR count). The molecule has 0 aliphatic rings. The average molecular weight is 317 g/mol. The molecule has 0 saturated heterocycles. The molecular formula is C18H15N5O. The van der Waals surface area contributed by atoms with Crippen LogP contribution in [0.25, 0.3) is 33.0 Å². The quantitative estimate of drug-likeness (QED) is 0.403. The number of H-pyrrole nitrogens is 4. The molecule has 4 N–H and O–H groups in total. The molecule has 24 heavy (non-hydrogen) atoms. The van der Waals surface area contributed by atoms with Gasteiger partial charge in [-0.1, -0.05) is 18.2 Å². The summed E-state index contributed by atoms with van der Waals surface area (Å²) in [7, 11) is 0. The lowest BCUT2D eigenvalue weighted by Gasteiger charge is -1.98. The maximum atomic E-state index is 11.4. The smallest absolute Gasteiger partial charge is 0.323 e. The first kappa shape index (κ1) is 13.2. The number of hydrogen-bond acceptors (Lipinski definition) is 2. The third kappa shape index (κ3) is 1.89. The summed E-state index contributed by atoms with van der Waals surface area (Å²) in [4.78, 5) is 28.4. The van der Waals surface area contributed by atoms with Crippen LogP contribution in [-0.4, -0.2) is 24.9 Å². The Labute approximate surface area is 135 Å². The minimum absolute atomic E-state index is 0.202. The molecule has 0 fully saturated rings. The number of imidazole rings is 2. The number of hydrogen-bond donors (Lipinski definition) is 4. The van der Waals surface area contributed by atoms with Crippen molar-refractivity contribution in [3.05, 3.63) is 64.0 Å². The second-order valence-electron chi connectivity index (χ2n) is 6.13. The Morgan fingerprint density at radius 3 is 2.58 bits per heavy atom. The van der Waals surface area contributed by atoms with E-state index < -0.39 is 0 Å². The van der Waals surface area contributed by atoms with Crippen LogP contribution in [0.4, 0.5) is 0 Å². The highest BCUT2D eigenvalue weighted by Gasteiger charge is 2.12. The Morgan fingerprint density at radius 1 is 0.917 bits per heavy atom. The third-order valence-electron chi connectivity index (χ3n) is 4.54. The molecule has 3 aromatic heterocycles. The summed E-state index contributed by atoms with van der Waals surface area (Å²) < 4.78 is 0. The van der Waals surface area contributed by atoms with Crippen molar-refractivity contribution in [2.45, 2.75) is 13.3 Å². The topological polar surface area (TPSA) is 93.1 Å². The monoisotopic (exact) mass is 317 g/mol. The number of rotatable bonds is 2. The number of nitrogens with one attached hydrogen (secondary N) is 4. The fraction of sp³-hybridized carbons (Fsp3) is 0.111. The molecule has 6 nitrogen and oxygen atoms in total. The largest absolute Gasteiger partial charge is 0.358 e. The summed E-state index contributed by atoms with van der Waals surface area (Å²) in [6, 6.07) is 12.1. The van der Waals surface area contributed by atoms with Gasteiger partial charge in [-0.2, -0.15) is 0 Å². The average Bonchev–Trinajstić information content (AvgIpc) is 3.19. The van der Waals surface area contributed by atoms with Crippen LogP contribution < -0.4 is 5.69 Å². The van der Waals surface area contributed by atoms with Gasteiger partial charge in [-0.05, 0) is 30.7 Å². The highest BCUT2D eigenvalue weighted by atomic mass is 16.1. The number of benzene rings is 2. The van der Waals surface area contributed by atoms with Gasteiger partial charge in [0.15, 0.2) is 0 Å². The van der Waals surface area contributed by atoms with Crippen LogP contribution in [-0.2, 0) is 6.42 Å². The second-order valence-corrected chi connectivity index (χ2v) is 6.13. The Morgan fingerprint density at radius 2 is 1.71 bits per heavy atom.